The molecule has 0 unspecified atom stereocenters. The van der Waals surface area contributed by atoms with Gasteiger partial charge in [0.15, 0.2) is 17.5 Å². The number of alkyl halides is 2. The molecule has 1 saturated heterocycles. The van der Waals surface area contributed by atoms with Crippen molar-refractivity contribution < 1.29 is 27.7 Å². The molecule has 30 heavy (non-hydrogen) atoms. The highest BCUT2D eigenvalue weighted by Gasteiger charge is 2.28. The third-order valence-corrected chi connectivity index (χ3v) is 5.08. The van der Waals surface area contributed by atoms with Crippen LogP contribution < -0.4 is 24.8 Å². The molecule has 168 valence electrons. The molecule has 10 heteroatoms. The van der Waals surface area contributed by atoms with Crippen molar-refractivity contribution in [1.82, 2.24) is 15.5 Å². The zero-order chi connectivity index (χ0) is 21.6. The molecule has 2 aliphatic heterocycles. The van der Waals surface area contributed by atoms with E-state index in [1.807, 2.05) is 6.92 Å². The van der Waals surface area contributed by atoms with Crippen LogP contribution in [0.15, 0.2) is 17.1 Å². The molecule has 0 bridgehead atoms. The lowest BCUT2D eigenvalue weighted by Gasteiger charge is -2.41. The van der Waals surface area contributed by atoms with Gasteiger partial charge in [-0.25, -0.2) is 4.99 Å². The van der Waals surface area contributed by atoms with Crippen molar-refractivity contribution in [2.24, 2.45) is 4.99 Å². The first-order valence-electron chi connectivity index (χ1n) is 10.1. The van der Waals surface area contributed by atoms with Gasteiger partial charge in [-0.15, -0.1) is 0 Å². The van der Waals surface area contributed by atoms with Gasteiger partial charge in [0.1, 0.15) is 5.75 Å². The Labute approximate surface area is 175 Å². The summed E-state index contributed by atoms with van der Waals surface area (Å²) in [4.78, 5) is 6.93. The SMILES string of the molecule is CCNC(=NCc1cc2c(cc1OC(F)F)OCO2)NCC(C)(C)N1CCOCC1. The molecule has 0 radical (unpaired) electrons. The number of rotatable bonds is 8. The molecule has 0 amide bonds. The van der Waals surface area contributed by atoms with Crippen molar-refractivity contribution >= 4 is 5.96 Å². The molecule has 1 aromatic rings. The number of nitrogens with zero attached hydrogens (tertiary/aromatic N) is 2. The minimum atomic E-state index is -2.94. The minimum Gasteiger partial charge on any atom is -0.454 e. The monoisotopic (exact) mass is 428 g/mol. The number of morpholine rings is 1. The summed E-state index contributed by atoms with van der Waals surface area (Å²) >= 11 is 0. The molecule has 0 saturated carbocycles. The Morgan fingerprint density at radius 3 is 2.57 bits per heavy atom. The molecule has 1 fully saturated rings. The minimum absolute atomic E-state index is 0.0301. The molecule has 2 aliphatic rings. The van der Waals surface area contributed by atoms with E-state index in [9.17, 15) is 8.78 Å². The first kappa shape index (κ1) is 22.4. The van der Waals surface area contributed by atoms with Gasteiger partial charge in [0, 0.05) is 43.3 Å². The van der Waals surface area contributed by atoms with Gasteiger partial charge >= 0.3 is 6.61 Å². The predicted molar refractivity (Wildman–Crippen MR) is 108 cm³/mol. The zero-order valence-electron chi connectivity index (χ0n) is 17.7. The van der Waals surface area contributed by atoms with Crippen molar-refractivity contribution in [2.45, 2.75) is 39.5 Å². The molecule has 8 nitrogen and oxygen atoms in total. The van der Waals surface area contributed by atoms with Gasteiger partial charge in [0.05, 0.1) is 19.8 Å². The zero-order valence-corrected chi connectivity index (χ0v) is 17.7. The van der Waals surface area contributed by atoms with Crippen molar-refractivity contribution in [3.63, 3.8) is 0 Å². The lowest BCUT2D eigenvalue weighted by Crippen LogP contribution is -2.56. The molecule has 2 N–H and O–H groups in total. The number of hydrogen-bond donors (Lipinski definition) is 2. The van der Waals surface area contributed by atoms with E-state index in [2.05, 4.69) is 39.1 Å². The highest BCUT2D eigenvalue weighted by atomic mass is 19.3. The van der Waals surface area contributed by atoms with E-state index >= 15 is 0 Å². The highest BCUT2D eigenvalue weighted by Crippen LogP contribution is 2.39. The summed E-state index contributed by atoms with van der Waals surface area (Å²) in [5, 5.41) is 6.54. The fourth-order valence-corrected chi connectivity index (χ4v) is 3.38. The van der Waals surface area contributed by atoms with Crippen LogP contribution in [0.3, 0.4) is 0 Å². The van der Waals surface area contributed by atoms with Crippen molar-refractivity contribution in [3.8, 4) is 17.2 Å². The van der Waals surface area contributed by atoms with E-state index in [1.165, 1.54) is 6.07 Å². The lowest BCUT2D eigenvalue weighted by atomic mass is 10.0. The smallest absolute Gasteiger partial charge is 0.387 e. The summed E-state index contributed by atoms with van der Waals surface area (Å²) in [6.07, 6.45) is 0. The van der Waals surface area contributed by atoms with E-state index in [0.29, 0.717) is 36.1 Å². The second-order valence-electron chi connectivity index (χ2n) is 7.65. The summed E-state index contributed by atoms with van der Waals surface area (Å²) in [6, 6.07) is 3.05. The quantitative estimate of drug-likeness (QED) is 0.486. The maximum absolute atomic E-state index is 12.8. The topological polar surface area (TPSA) is 76.6 Å². The van der Waals surface area contributed by atoms with Gasteiger partial charge in [-0.1, -0.05) is 0 Å². The number of ether oxygens (including phenoxy) is 4. The van der Waals surface area contributed by atoms with E-state index in [-0.39, 0.29) is 24.6 Å². The van der Waals surface area contributed by atoms with Gasteiger partial charge in [-0.05, 0) is 26.8 Å². The third kappa shape index (κ3) is 5.85. The molecule has 2 heterocycles. The fraction of sp³-hybridized carbons (Fsp3) is 0.650. The molecule has 0 aliphatic carbocycles. The molecular weight excluding hydrogens is 398 g/mol. The van der Waals surface area contributed by atoms with Crippen LogP contribution in [-0.4, -0.2) is 69.2 Å². The third-order valence-electron chi connectivity index (χ3n) is 5.08. The number of guanidine groups is 1. The number of hydrogen-bond acceptors (Lipinski definition) is 6. The Kier molecular flexibility index (Phi) is 7.54. The van der Waals surface area contributed by atoms with Gasteiger partial charge in [-0.3, -0.25) is 4.90 Å². The average molecular weight is 428 g/mol. The predicted octanol–water partition coefficient (Wildman–Crippen LogP) is 2.18. The van der Waals surface area contributed by atoms with Crippen LogP contribution in [0.2, 0.25) is 0 Å². The largest absolute Gasteiger partial charge is 0.454 e. The molecule has 3 rings (SSSR count). The Morgan fingerprint density at radius 1 is 1.20 bits per heavy atom. The fourth-order valence-electron chi connectivity index (χ4n) is 3.38. The van der Waals surface area contributed by atoms with Gasteiger partial charge < -0.3 is 29.6 Å². The van der Waals surface area contributed by atoms with E-state index in [4.69, 9.17) is 14.2 Å². The van der Waals surface area contributed by atoms with Gasteiger partial charge in [0.25, 0.3) is 0 Å². The summed E-state index contributed by atoms with van der Waals surface area (Å²) < 4.78 is 46.4. The van der Waals surface area contributed by atoms with Crippen LogP contribution in [0.4, 0.5) is 8.78 Å². The Morgan fingerprint density at radius 2 is 1.90 bits per heavy atom. The summed E-state index contributed by atoms with van der Waals surface area (Å²) in [5.41, 5.74) is 0.395. The number of aliphatic imine (C=N–C) groups is 1. The number of fused-ring (bicyclic) bond motifs is 1. The van der Waals surface area contributed by atoms with Crippen LogP contribution in [0.1, 0.15) is 26.3 Å². The van der Waals surface area contributed by atoms with Gasteiger partial charge in [0.2, 0.25) is 6.79 Å². The summed E-state index contributed by atoms with van der Waals surface area (Å²) in [5.74, 6) is 1.51. The van der Waals surface area contributed by atoms with Crippen LogP contribution in [0.5, 0.6) is 17.2 Å². The molecule has 0 spiro atoms. The summed E-state index contributed by atoms with van der Waals surface area (Å²) in [7, 11) is 0. The molecular formula is C20H30F2N4O4. The number of halogens is 2. The molecule has 0 atom stereocenters. The average Bonchev–Trinajstić information content (AvgIpc) is 3.17. The van der Waals surface area contributed by atoms with E-state index in [0.717, 1.165) is 26.3 Å². The van der Waals surface area contributed by atoms with Crippen molar-refractivity contribution in [2.75, 3.05) is 46.2 Å². The van der Waals surface area contributed by atoms with Crippen molar-refractivity contribution in [3.05, 3.63) is 17.7 Å². The first-order chi connectivity index (χ1) is 14.4. The maximum atomic E-state index is 12.8. The van der Waals surface area contributed by atoms with Crippen molar-refractivity contribution in [1.29, 1.82) is 0 Å². The van der Waals surface area contributed by atoms with Crippen LogP contribution in [0.25, 0.3) is 0 Å². The molecule has 1 aromatic carbocycles. The second kappa shape index (κ2) is 10.1. The molecule has 0 aromatic heterocycles. The Hall–Kier alpha value is -2.33. The van der Waals surface area contributed by atoms with E-state index in [1.54, 1.807) is 6.07 Å². The highest BCUT2D eigenvalue weighted by molar-refractivity contribution is 5.79. The maximum Gasteiger partial charge on any atom is 0.387 e. The van der Waals surface area contributed by atoms with Crippen LogP contribution >= 0.6 is 0 Å². The standard InChI is InChI=1S/C20H30F2N4O4/c1-4-23-19(25-12-20(2,3)26-5-7-27-8-6-26)24-11-14-9-16-17(29-13-28-16)10-15(14)30-18(21)22/h9-10,18H,4-8,11-13H2,1-3H3,(H2,23,24,25). The van der Waals surface area contributed by atoms with E-state index < -0.39 is 6.61 Å². The van der Waals surface area contributed by atoms with Crippen LogP contribution in [-0.2, 0) is 11.3 Å². The first-order valence-corrected chi connectivity index (χ1v) is 10.1. The van der Waals surface area contributed by atoms with Crippen LogP contribution in [0, 0.1) is 0 Å². The second-order valence-corrected chi connectivity index (χ2v) is 7.65. The Balaban J connectivity index is 1.69. The number of nitrogens with one attached hydrogen (secondary N) is 2. The normalized spacial score (nSPS) is 17.3. The summed E-state index contributed by atoms with van der Waals surface area (Å²) in [6.45, 7) is 8.13. The Bertz CT molecular complexity index is 740. The van der Waals surface area contributed by atoms with Gasteiger partial charge in [-0.2, -0.15) is 8.78 Å². The number of benzene rings is 1. The lowest BCUT2D eigenvalue weighted by molar-refractivity contribution is -0.0505.